The summed E-state index contributed by atoms with van der Waals surface area (Å²) in [5, 5.41) is 17.5. The fourth-order valence-electron chi connectivity index (χ4n) is 2.21. The second kappa shape index (κ2) is 5.99. The maximum absolute atomic E-state index is 12.0. The largest absolute Gasteiger partial charge is 0.324 e. The van der Waals surface area contributed by atoms with E-state index >= 15 is 0 Å². The first-order chi connectivity index (χ1) is 11.0. The van der Waals surface area contributed by atoms with Gasteiger partial charge in [-0.2, -0.15) is 5.10 Å². The molecule has 8 heteroatoms. The van der Waals surface area contributed by atoms with E-state index in [1.54, 1.807) is 12.1 Å². The fraction of sp³-hybridized carbons (Fsp3) is 0.267. The van der Waals surface area contributed by atoms with Crippen molar-refractivity contribution in [2.75, 3.05) is 5.32 Å². The number of carbonyl (C=O) groups excluding carboxylic acids is 1. The predicted octanol–water partition coefficient (Wildman–Crippen LogP) is 1.67. The van der Waals surface area contributed by atoms with Crippen LogP contribution < -0.4 is 10.9 Å². The van der Waals surface area contributed by atoms with E-state index in [-0.39, 0.29) is 17.8 Å². The number of nitro benzene ring substituents is 1. The van der Waals surface area contributed by atoms with E-state index < -0.39 is 10.8 Å². The van der Waals surface area contributed by atoms with E-state index in [4.69, 9.17) is 0 Å². The number of hydrogen-bond acceptors (Lipinski definition) is 5. The van der Waals surface area contributed by atoms with E-state index in [0.717, 1.165) is 23.2 Å². The lowest BCUT2D eigenvalue weighted by Gasteiger charge is -2.07. The maximum atomic E-state index is 12.0. The number of amides is 1. The molecule has 23 heavy (non-hydrogen) atoms. The zero-order chi connectivity index (χ0) is 16.4. The van der Waals surface area contributed by atoms with Gasteiger partial charge in [-0.25, -0.2) is 4.68 Å². The first-order valence-corrected chi connectivity index (χ1v) is 7.15. The molecule has 1 saturated carbocycles. The Labute approximate surface area is 130 Å². The van der Waals surface area contributed by atoms with E-state index in [1.165, 1.54) is 24.3 Å². The molecule has 1 amide bonds. The molecule has 0 atom stereocenters. The van der Waals surface area contributed by atoms with Gasteiger partial charge in [-0.15, -0.1) is 0 Å². The molecule has 0 unspecified atom stereocenters. The van der Waals surface area contributed by atoms with Crippen molar-refractivity contribution in [2.24, 2.45) is 0 Å². The van der Waals surface area contributed by atoms with Gasteiger partial charge in [0.15, 0.2) is 0 Å². The zero-order valence-corrected chi connectivity index (χ0v) is 12.1. The van der Waals surface area contributed by atoms with Gasteiger partial charge in [0.1, 0.15) is 6.54 Å². The highest BCUT2D eigenvalue weighted by molar-refractivity contribution is 5.90. The summed E-state index contributed by atoms with van der Waals surface area (Å²) in [6.45, 7) is -0.234. The SMILES string of the molecule is O=C(Cn1nc(C2CC2)ccc1=O)Nc1cccc([N+](=O)[O-])c1. The molecule has 3 rings (SSSR count). The standard InChI is InChI=1S/C15H14N4O4/c20-14(16-11-2-1-3-12(8-11)19(22)23)9-18-15(21)7-6-13(17-18)10-4-5-10/h1-3,6-8,10H,4-5,9H2,(H,16,20). The van der Waals surface area contributed by atoms with Crippen molar-refractivity contribution in [2.45, 2.75) is 25.3 Å². The third kappa shape index (κ3) is 3.60. The number of rotatable bonds is 5. The Morgan fingerprint density at radius 3 is 2.83 bits per heavy atom. The summed E-state index contributed by atoms with van der Waals surface area (Å²) >= 11 is 0. The molecule has 1 fully saturated rings. The monoisotopic (exact) mass is 314 g/mol. The highest BCUT2D eigenvalue weighted by Crippen LogP contribution is 2.38. The third-order valence-electron chi connectivity index (χ3n) is 3.52. The molecule has 0 bridgehead atoms. The van der Waals surface area contributed by atoms with Crippen molar-refractivity contribution >= 4 is 17.3 Å². The van der Waals surface area contributed by atoms with Crippen LogP contribution in [0.25, 0.3) is 0 Å². The molecule has 0 spiro atoms. The number of anilines is 1. The molecule has 8 nitrogen and oxygen atoms in total. The number of hydrogen-bond donors (Lipinski definition) is 1. The van der Waals surface area contributed by atoms with Crippen LogP contribution in [0.3, 0.4) is 0 Å². The van der Waals surface area contributed by atoms with Crippen LogP contribution in [0.4, 0.5) is 11.4 Å². The van der Waals surface area contributed by atoms with Crippen molar-refractivity contribution < 1.29 is 9.72 Å². The van der Waals surface area contributed by atoms with Crippen molar-refractivity contribution in [3.8, 4) is 0 Å². The average Bonchev–Trinajstić information content (AvgIpc) is 3.34. The number of nitrogens with zero attached hydrogens (tertiary/aromatic N) is 3. The fourth-order valence-corrected chi connectivity index (χ4v) is 2.21. The van der Waals surface area contributed by atoms with Crippen LogP contribution in [0.2, 0.25) is 0 Å². The molecule has 2 aromatic rings. The minimum atomic E-state index is -0.541. The Balaban J connectivity index is 1.72. The lowest BCUT2D eigenvalue weighted by atomic mass is 10.3. The Morgan fingerprint density at radius 2 is 2.13 bits per heavy atom. The van der Waals surface area contributed by atoms with Crippen molar-refractivity contribution in [3.05, 3.63) is 62.6 Å². The first-order valence-electron chi connectivity index (χ1n) is 7.15. The van der Waals surface area contributed by atoms with Crippen molar-refractivity contribution in [1.29, 1.82) is 0 Å². The minimum Gasteiger partial charge on any atom is -0.324 e. The van der Waals surface area contributed by atoms with Gasteiger partial charge in [0.05, 0.1) is 10.6 Å². The zero-order valence-electron chi connectivity index (χ0n) is 12.1. The summed E-state index contributed by atoms with van der Waals surface area (Å²) in [7, 11) is 0. The van der Waals surface area contributed by atoms with Gasteiger partial charge in [0, 0.05) is 29.8 Å². The van der Waals surface area contributed by atoms with E-state index in [1.807, 2.05) is 0 Å². The molecule has 1 N–H and O–H groups in total. The van der Waals surface area contributed by atoms with Crippen molar-refractivity contribution in [1.82, 2.24) is 9.78 Å². The lowest BCUT2D eigenvalue weighted by Crippen LogP contribution is -2.29. The molecule has 0 aliphatic heterocycles. The topological polar surface area (TPSA) is 107 Å². The summed E-state index contributed by atoms with van der Waals surface area (Å²) in [5.41, 5.74) is 0.640. The quantitative estimate of drug-likeness (QED) is 0.667. The normalized spacial score (nSPS) is 13.6. The number of nitro groups is 1. The van der Waals surface area contributed by atoms with Gasteiger partial charge in [-0.05, 0) is 25.0 Å². The summed E-state index contributed by atoms with van der Waals surface area (Å²) in [5.74, 6) is -0.0882. The van der Waals surface area contributed by atoms with Crippen LogP contribution in [-0.2, 0) is 11.3 Å². The minimum absolute atomic E-state index is 0.117. The number of nitrogens with one attached hydrogen (secondary N) is 1. The van der Waals surface area contributed by atoms with Crippen LogP contribution >= 0.6 is 0 Å². The molecule has 1 aromatic carbocycles. The van der Waals surface area contributed by atoms with Gasteiger partial charge >= 0.3 is 0 Å². The lowest BCUT2D eigenvalue weighted by molar-refractivity contribution is -0.384. The van der Waals surface area contributed by atoms with Gasteiger partial charge in [-0.3, -0.25) is 19.7 Å². The Kier molecular flexibility index (Phi) is 3.88. The molecule has 118 valence electrons. The van der Waals surface area contributed by atoms with Gasteiger partial charge in [0.2, 0.25) is 5.91 Å². The van der Waals surface area contributed by atoms with E-state index in [0.29, 0.717) is 11.6 Å². The van der Waals surface area contributed by atoms with Crippen LogP contribution in [0.1, 0.15) is 24.5 Å². The molecule has 1 heterocycles. The smallest absolute Gasteiger partial charge is 0.271 e. The summed E-state index contributed by atoms with van der Waals surface area (Å²) < 4.78 is 1.11. The summed E-state index contributed by atoms with van der Waals surface area (Å²) in [4.78, 5) is 34.0. The first kappa shape index (κ1) is 14.9. The van der Waals surface area contributed by atoms with E-state index in [9.17, 15) is 19.7 Å². The average molecular weight is 314 g/mol. The Morgan fingerprint density at radius 1 is 1.35 bits per heavy atom. The van der Waals surface area contributed by atoms with Crippen LogP contribution in [-0.4, -0.2) is 20.6 Å². The highest BCUT2D eigenvalue weighted by Gasteiger charge is 2.25. The number of aromatic nitrogens is 2. The second-order valence-electron chi connectivity index (χ2n) is 5.38. The summed E-state index contributed by atoms with van der Waals surface area (Å²) in [6.07, 6.45) is 2.09. The Bertz CT molecular complexity index is 826. The number of non-ortho nitro benzene ring substituents is 1. The van der Waals surface area contributed by atoms with Gasteiger partial charge in [0.25, 0.3) is 11.2 Å². The molecule has 1 aliphatic rings. The second-order valence-corrected chi connectivity index (χ2v) is 5.38. The maximum Gasteiger partial charge on any atom is 0.271 e. The molecular formula is C15H14N4O4. The number of carbonyl (C=O) groups is 1. The van der Waals surface area contributed by atoms with Crippen molar-refractivity contribution in [3.63, 3.8) is 0 Å². The molecule has 1 aliphatic carbocycles. The predicted molar refractivity (Wildman–Crippen MR) is 82.2 cm³/mol. The van der Waals surface area contributed by atoms with Crippen LogP contribution in [0, 0.1) is 10.1 Å². The van der Waals surface area contributed by atoms with Crippen LogP contribution in [0.5, 0.6) is 0 Å². The van der Waals surface area contributed by atoms with Crippen LogP contribution in [0.15, 0.2) is 41.2 Å². The highest BCUT2D eigenvalue weighted by atomic mass is 16.6. The molecule has 1 aromatic heterocycles. The molecule has 0 saturated heterocycles. The van der Waals surface area contributed by atoms with Gasteiger partial charge < -0.3 is 5.32 Å². The molecule has 0 radical (unpaired) electrons. The van der Waals surface area contributed by atoms with E-state index in [2.05, 4.69) is 10.4 Å². The molecular weight excluding hydrogens is 300 g/mol. The van der Waals surface area contributed by atoms with Gasteiger partial charge in [-0.1, -0.05) is 6.07 Å². The number of benzene rings is 1. The third-order valence-corrected chi connectivity index (χ3v) is 3.52. The Hall–Kier alpha value is -3.03. The summed E-state index contributed by atoms with van der Waals surface area (Å²) in [6, 6.07) is 8.71.